The third-order valence-electron chi connectivity index (χ3n) is 9.15. The van der Waals surface area contributed by atoms with Gasteiger partial charge in [0.1, 0.15) is 17.6 Å². The molecule has 4 saturated carbocycles. The summed E-state index contributed by atoms with van der Waals surface area (Å²) in [6.45, 7) is 3.13. The summed E-state index contributed by atoms with van der Waals surface area (Å²) in [5, 5.41) is 26.3. The number of hydrogen-bond donors (Lipinski definition) is 4. The molecule has 1 aliphatic heterocycles. The largest absolute Gasteiger partial charge is 0.390 e. The Morgan fingerprint density at radius 1 is 1.19 bits per heavy atom. The van der Waals surface area contributed by atoms with E-state index in [1.165, 1.54) is 12.8 Å². The predicted molar refractivity (Wildman–Crippen MR) is 136 cm³/mol. The molecule has 36 heavy (non-hydrogen) atoms. The molecule has 3 aromatic rings. The topological polar surface area (TPSA) is 107 Å². The van der Waals surface area contributed by atoms with E-state index in [-0.39, 0.29) is 12.1 Å². The van der Waals surface area contributed by atoms with Crippen LogP contribution in [0.3, 0.4) is 0 Å². The van der Waals surface area contributed by atoms with Gasteiger partial charge in [-0.1, -0.05) is 0 Å². The van der Waals surface area contributed by atoms with Crippen LogP contribution >= 0.6 is 0 Å². The lowest BCUT2D eigenvalue weighted by molar-refractivity contribution is -0.129. The van der Waals surface area contributed by atoms with Crippen LogP contribution < -0.4 is 10.6 Å². The highest BCUT2D eigenvalue weighted by atomic mass is 19.1. The van der Waals surface area contributed by atoms with Crippen molar-refractivity contribution in [3.63, 3.8) is 0 Å². The summed E-state index contributed by atoms with van der Waals surface area (Å²) in [6, 6.07) is 4.39. The van der Waals surface area contributed by atoms with Crippen molar-refractivity contribution in [3.05, 3.63) is 24.0 Å². The number of aromatic amines is 1. The lowest BCUT2D eigenvalue weighted by atomic mass is 9.52. The number of nitrogens with one attached hydrogen (secondary N) is 3. The summed E-state index contributed by atoms with van der Waals surface area (Å²) in [5.74, 6) is 3.56. The van der Waals surface area contributed by atoms with E-state index < -0.39 is 11.8 Å². The summed E-state index contributed by atoms with van der Waals surface area (Å²) in [6.07, 6.45) is 6.84. The van der Waals surface area contributed by atoms with Crippen molar-refractivity contribution in [2.75, 3.05) is 24.2 Å². The number of H-pyrrole nitrogens is 1. The number of hydrogen-bond acceptors (Lipinski definition) is 7. The quantitative estimate of drug-likeness (QED) is 0.415. The molecule has 0 amide bonds. The monoisotopic (exact) mass is 494 g/mol. The molecule has 5 fully saturated rings. The van der Waals surface area contributed by atoms with Crippen molar-refractivity contribution < 1.29 is 9.50 Å². The van der Waals surface area contributed by atoms with E-state index in [9.17, 15) is 9.50 Å². The number of nitrogens with zero attached hydrogens (tertiary/aromatic N) is 5. The van der Waals surface area contributed by atoms with Crippen LogP contribution in [0.25, 0.3) is 11.0 Å². The first-order valence-corrected chi connectivity index (χ1v) is 13.3. The summed E-state index contributed by atoms with van der Waals surface area (Å²) >= 11 is 0. The fraction of sp³-hybridized carbons (Fsp3) is 0.654. The fourth-order valence-electron chi connectivity index (χ4n) is 7.79. The van der Waals surface area contributed by atoms with Crippen LogP contribution in [-0.4, -0.2) is 72.2 Å². The predicted octanol–water partition coefficient (Wildman–Crippen LogP) is 3.60. The molecule has 4 heterocycles. The Balaban J connectivity index is 1.23. The SMILES string of the molecule is Cc1cc(Nc2nc(NC3C4CC5CC3CC(O)(C5)C4)nc3c2ccn3C[C@@H]2C[C@@H](F)CN2C)n[nH]1. The van der Waals surface area contributed by atoms with E-state index in [4.69, 9.17) is 9.97 Å². The number of likely N-dealkylation sites (tertiary alicyclic amines) is 1. The number of halogens is 1. The third kappa shape index (κ3) is 3.85. The van der Waals surface area contributed by atoms with Crippen molar-refractivity contribution >= 4 is 28.6 Å². The Bertz CT molecular complexity index is 1270. The van der Waals surface area contributed by atoms with Gasteiger partial charge < -0.3 is 20.3 Å². The van der Waals surface area contributed by atoms with Gasteiger partial charge in [0.2, 0.25) is 5.95 Å². The Hall–Kier alpha value is -2.72. The lowest BCUT2D eigenvalue weighted by Crippen LogP contribution is -2.59. The van der Waals surface area contributed by atoms with Gasteiger partial charge >= 0.3 is 0 Å². The average molecular weight is 495 g/mol. The molecule has 2 unspecified atom stereocenters. The lowest BCUT2D eigenvalue weighted by Gasteiger charge is -2.58. The van der Waals surface area contributed by atoms with E-state index in [0.717, 1.165) is 36.0 Å². The minimum absolute atomic E-state index is 0.137. The van der Waals surface area contributed by atoms with Crippen LogP contribution in [0, 0.1) is 24.7 Å². The van der Waals surface area contributed by atoms with Gasteiger partial charge in [-0.05, 0) is 76.3 Å². The number of rotatable bonds is 6. The Morgan fingerprint density at radius 2 is 2.00 bits per heavy atom. The van der Waals surface area contributed by atoms with Crippen molar-refractivity contribution in [1.29, 1.82) is 0 Å². The van der Waals surface area contributed by atoms with Gasteiger partial charge in [0.05, 0.1) is 11.0 Å². The van der Waals surface area contributed by atoms with Crippen molar-refractivity contribution in [3.8, 4) is 0 Å². The summed E-state index contributed by atoms with van der Waals surface area (Å²) in [5.41, 5.74) is 1.33. The normalized spacial score (nSPS) is 35.7. The van der Waals surface area contributed by atoms with Crippen LogP contribution in [0.2, 0.25) is 0 Å². The molecule has 0 aromatic carbocycles. The molecular formula is C26H35FN8O. The maximum atomic E-state index is 14.0. The smallest absolute Gasteiger partial charge is 0.226 e. The fourth-order valence-corrected chi connectivity index (χ4v) is 7.79. The van der Waals surface area contributed by atoms with Crippen LogP contribution in [0.1, 0.15) is 44.2 Å². The Labute approximate surface area is 209 Å². The minimum Gasteiger partial charge on any atom is -0.390 e. The Kier molecular flexibility index (Phi) is 5.08. The number of aryl methyl sites for hydroxylation is 1. The summed E-state index contributed by atoms with van der Waals surface area (Å²) in [7, 11) is 1.99. The maximum Gasteiger partial charge on any atom is 0.226 e. The molecule has 10 heteroatoms. The summed E-state index contributed by atoms with van der Waals surface area (Å²) in [4.78, 5) is 12.0. The molecule has 3 aromatic heterocycles. The first-order chi connectivity index (χ1) is 17.3. The van der Waals surface area contributed by atoms with Gasteiger partial charge in [-0.15, -0.1) is 0 Å². The van der Waals surface area contributed by atoms with Gasteiger partial charge in [0.15, 0.2) is 5.82 Å². The summed E-state index contributed by atoms with van der Waals surface area (Å²) < 4.78 is 16.2. The second-order valence-electron chi connectivity index (χ2n) is 12.0. The maximum absolute atomic E-state index is 14.0. The molecular weight excluding hydrogens is 459 g/mol. The van der Waals surface area contributed by atoms with Crippen molar-refractivity contribution in [2.24, 2.45) is 17.8 Å². The zero-order valence-corrected chi connectivity index (χ0v) is 20.9. The van der Waals surface area contributed by atoms with Gasteiger partial charge in [0, 0.05) is 43.1 Å². The molecule has 4 atom stereocenters. The highest BCUT2D eigenvalue weighted by Gasteiger charge is 2.54. The third-order valence-corrected chi connectivity index (χ3v) is 9.15. The van der Waals surface area contributed by atoms with E-state index in [2.05, 4.69) is 30.3 Å². The van der Waals surface area contributed by atoms with Crippen molar-refractivity contribution in [2.45, 2.75) is 75.8 Å². The number of anilines is 3. The van der Waals surface area contributed by atoms with Gasteiger partial charge in [0.25, 0.3) is 0 Å². The minimum atomic E-state index is -0.777. The number of likely N-dealkylation sites (N-methyl/N-ethyl adjacent to an activating group) is 1. The zero-order valence-electron chi connectivity index (χ0n) is 20.9. The molecule has 9 nitrogen and oxygen atoms in total. The number of aliphatic hydroxyl groups is 1. The van der Waals surface area contributed by atoms with Crippen LogP contribution in [0.4, 0.5) is 22.0 Å². The number of aromatic nitrogens is 5. The van der Waals surface area contributed by atoms with Gasteiger partial charge in [-0.3, -0.25) is 10.00 Å². The van der Waals surface area contributed by atoms with Gasteiger partial charge in [-0.25, -0.2) is 4.39 Å². The van der Waals surface area contributed by atoms with E-state index in [1.807, 2.05) is 32.3 Å². The molecule has 8 rings (SSSR count). The standard InChI is InChI=1S/C26H35FN8O/c1-14-5-21(33-32-14)28-23-20-3-4-35(13-19-8-18(27)12-34(19)2)24(20)31-25(30-23)29-22-16-6-15-7-17(22)11-26(36,9-15)10-16/h3-5,15-19,22,36H,6-13H2,1-2H3,(H3,28,29,30,31,32,33)/t15?,16?,17?,18-,19+,22?,26?/m1/s1. The highest BCUT2D eigenvalue weighted by molar-refractivity contribution is 5.90. The second-order valence-corrected chi connectivity index (χ2v) is 12.0. The zero-order chi connectivity index (χ0) is 24.6. The Morgan fingerprint density at radius 3 is 2.67 bits per heavy atom. The van der Waals surface area contributed by atoms with Gasteiger partial charge in [-0.2, -0.15) is 15.1 Å². The van der Waals surface area contributed by atoms with E-state index in [1.54, 1.807) is 0 Å². The molecule has 0 radical (unpaired) electrons. The van der Waals surface area contributed by atoms with E-state index in [0.29, 0.717) is 54.8 Å². The molecule has 4 N–H and O–H groups in total. The average Bonchev–Trinajstić information content (AvgIpc) is 3.49. The second kappa shape index (κ2) is 8.14. The molecule has 5 aliphatic rings. The molecule has 4 aliphatic carbocycles. The van der Waals surface area contributed by atoms with E-state index >= 15 is 0 Å². The number of alkyl halides is 1. The first-order valence-electron chi connectivity index (χ1n) is 13.3. The molecule has 0 spiro atoms. The highest BCUT2D eigenvalue weighted by Crippen LogP contribution is 2.56. The first kappa shape index (κ1) is 22.5. The van der Waals surface area contributed by atoms with Crippen LogP contribution in [0.5, 0.6) is 0 Å². The molecule has 4 bridgehead atoms. The molecule has 192 valence electrons. The van der Waals surface area contributed by atoms with Crippen LogP contribution in [0.15, 0.2) is 18.3 Å². The van der Waals surface area contributed by atoms with Crippen LogP contribution in [-0.2, 0) is 6.54 Å². The molecule has 1 saturated heterocycles. The van der Waals surface area contributed by atoms with Crippen molar-refractivity contribution in [1.82, 2.24) is 29.6 Å². The number of fused-ring (bicyclic) bond motifs is 1.